The second-order valence-corrected chi connectivity index (χ2v) is 10.1. The largest absolute Gasteiger partial charge is 0.862 e. The number of carboxylic acids is 2. The Bertz CT molecular complexity index is 760. The minimum atomic E-state index is -4.09. The molecule has 0 saturated heterocycles. The van der Waals surface area contributed by atoms with Crippen molar-refractivity contribution >= 4 is 37.0 Å². The molecule has 0 spiro atoms. The van der Waals surface area contributed by atoms with Crippen LogP contribution in [0.5, 0.6) is 0 Å². The van der Waals surface area contributed by atoms with Crippen molar-refractivity contribution in [2.45, 2.75) is 76.7 Å². The van der Waals surface area contributed by atoms with Crippen molar-refractivity contribution in [1.29, 1.82) is 0 Å². The third-order valence-corrected chi connectivity index (χ3v) is 6.91. The van der Waals surface area contributed by atoms with Crippen molar-refractivity contribution in [2.24, 2.45) is 10.7 Å². The highest BCUT2D eigenvalue weighted by molar-refractivity contribution is 7.58. The summed E-state index contributed by atoms with van der Waals surface area (Å²) in [5, 5.41) is 34.0. The summed E-state index contributed by atoms with van der Waals surface area (Å²) in [6, 6.07) is -2.57. The zero-order valence-corrected chi connectivity index (χ0v) is 19.8. The molecule has 0 aliphatic heterocycles. The van der Waals surface area contributed by atoms with E-state index < -0.39 is 67.5 Å². The Morgan fingerprint density at radius 2 is 1.64 bits per heavy atom. The van der Waals surface area contributed by atoms with Crippen LogP contribution in [0.1, 0.15) is 58.8 Å². The Hall–Kier alpha value is -2.50. The molecule has 0 rings (SSSR count). The summed E-state index contributed by atoms with van der Waals surface area (Å²) < 4.78 is 12.9. The maximum absolute atomic E-state index is 12.9. The van der Waals surface area contributed by atoms with Crippen LogP contribution in [0.2, 0.25) is 0 Å². The van der Waals surface area contributed by atoms with Crippen LogP contribution in [0.15, 0.2) is 4.99 Å². The smallest absolute Gasteiger partial charge is 0.328 e. The van der Waals surface area contributed by atoms with E-state index in [9.17, 15) is 33.7 Å². The quantitative estimate of drug-likeness (QED) is 0.0639. The van der Waals surface area contributed by atoms with Crippen LogP contribution >= 0.6 is 7.37 Å². The summed E-state index contributed by atoms with van der Waals surface area (Å²) in [7, 11) is -4.09. The molecule has 4 unspecified atom stereocenters. The zero-order chi connectivity index (χ0) is 25.6. The number of rotatable bonds is 17. The van der Waals surface area contributed by atoms with Gasteiger partial charge in [0.25, 0.3) is 0 Å². The van der Waals surface area contributed by atoms with Crippen molar-refractivity contribution in [2.75, 3.05) is 12.7 Å². The van der Waals surface area contributed by atoms with Crippen LogP contribution in [0, 0.1) is 0 Å². The number of carboxylic acid groups (broad SMARTS) is 2. The summed E-state index contributed by atoms with van der Waals surface area (Å²) in [4.78, 5) is 60.2. The second-order valence-electron chi connectivity index (χ2n) is 7.49. The van der Waals surface area contributed by atoms with Crippen molar-refractivity contribution in [3.05, 3.63) is 0 Å². The Balaban J connectivity index is 5.12. The predicted octanol–water partition coefficient (Wildman–Crippen LogP) is -0.790. The molecule has 0 bridgehead atoms. The maximum Gasteiger partial charge on any atom is 0.328 e. The number of hydrogen-bond acceptors (Lipinski definition) is 8. The van der Waals surface area contributed by atoms with Gasteiger partial charge in [0.15, 0.2) is 0 Å². The highest BCUT2D eigenvalue weighted by Crippen LogP contribution is 2.47. The molecule has 0 aromatic heterocycles. The molecule has 0 aromatic carbocycles. The van der Waals surface area contributed by atoms with Crippen LogP contribution in [-0.4, -0.2) is 75.3 Å². The number of hydrogen-bond donors (Lipinski definition) is 6. The third-order valence-electron chi connectivity index (χ3n) is 4.69. The van der Waals surface area contributed by atoms with E-state index in [0.29, 0.717) is 19.4 Å². The first-order valence-electron chi connectivity index (χ1n) is 10.6. The van der Waals surface area contributed by atoms with Crippen LogP contribution in [0.3, 0.4) is 0 Å². The molecule has 0 saturated carbocycles. The van der Waals surface area contributed by atoms with Gasteiger partial charge < -0.3 is 36.6 Å². The molecular weight excluding hydrogens is 459 g/mol. The van der Waals surface area contributed by atoms with Gasteiger partial charge in [-0.2, -0.15) is 0 Å². The molecule has 2 amide bonds. The molecule has 0 heterocycles. The van der Waals surface area contributed by atoms with E-state index in [1.165, 1.54) is 13.8 Å². The van der Waals surface area contributed by atoms with Crippen molar-refractivity contribution in [3.63, 3.8) is 0 Å². The van der Waals surface area contributed by atoms with Gasteiger partial charge >= 0.3 is 11.9 Å². The standard InChI is InChI=1S/C19H35N4O9P/c1-3-14(24)22-13(19(29)30)7-8-15(25)23-17(6-4-5-10-20)33(31,32)11-9-16(26)21-12(2)18(27)28/h12-13,17H,3-11,20H2,1-2H3,(H,21,26)(H,22,24)(H,23,25)(H,27,28)(H,29,30)(H,31,32)/p-1. The topological polar surface area (TPSA) is 232 Å². The van der Waals surface area contributed by atoms with Crippen molar-refractivity contribution < 1.29 is 44.0 Å². The SMILES string of the molecule is CCC([O-])=NC(CCC(=O)NC(CCCCN)P(=O)(O)CCC(=O)NC(C)C(=O)O)C(=O)O. The van der Waals surface area contributed by atoms with Gasteiger partial charge in [-0.1, -0.05) is 6.92 Å². The summed E-state index contributed by atoms with van der Waals surface area (Å²) in [5.74, 6) is -5.85. The minimum Gasteiger partial charge on any atom is -0.862 e. The number of aliphatic imine (C=N–C) groups is 1. The van der Waals surface area contributed by atoms with Gasteiger partial charge in [0, 0.05) is 19.0 Å². The minimum absolute atomic E-state index is 0.0196. The lowest BCUT2D eigenvalue weighted by atomic mass is 10.1. The molecule has 0 aliphatic rings. The normalized spacial score (nSPS) is 16.2. The molecule has 14 heteroatoms. The molecule has 13 nitrogen and oxygen atoms in total. The van der Waals surface area contributed by atoms with E-state index in [1.54, 1.807) is 0 Å². The number of unbranched alkanes of at least 4 members (excludes halogenated alkanes) is 1. The Morgan fingerprint density at radius 1 is 1.03 bits per heavy atom. The lowest BCUT2D eigenvalue weighted by molar-refractivity contribution is -0.219. The fraction of sp³-hybridized carbons (Fsp3) is 0.737. The summed E-state index contributed by atoms with van der Waals surface area (Å²) in [5.41, 5.74) is 5.44. The van der Waals surface area contributed by atoms with E-state index in [1.807, 2.05) is 0 Å². The highest BCUT2D eigenvalue weighted by atomic mass is 31.2. The molecule has 33 heavy (non-hydrogen) atoms. The van der Waals surface area contributed by atoms with Crippen LogP contribution in [0.25, 0.3) is 0 Å². The number of nitrogens with two attached hydrogens (primary N) is 1. The third kappa shape index (κ3) is 13.0. The lowest BCUT2D eigenvalue weighted by Gasteiger charge is -2.25. The molecule has 0 aliphatic carbocycles. The fourth-order valence-electron chi connectivity index (χ4n) is 2.68. The lowest BCUT2D eigenvalue weighted by Crippen LogP contribution is -2.39. The number of carbonyl (C=O) groups is 4. The number of aliphatic carboxylic acids is 2. The first kappa shape index (κ1) is 30.5. The number of amides is 2. The monoisotopic (exact) mass is 493 g/mol. The summed E-state index contributed by atoms with van der Waals surface area (Å²) >= 11 is 0. The summed E-state index contributed by atoms with van der Waals surface area (Å²) in [6.45, 7) is 3.10. The van der Waals surface area contributed by atoms with E-state index in [0.717, 1.165) is 0 Å². The van der Waals surface area contributed by atoms with E-state index in [4.69, 9.17) is 15.9 Å². The molecular formula is C19H34N4O9P-. The average Bonchev–Trinajstić information content (AvgIpc) is 2.74. The average molecular weight is 493 g/mol. The molecule has 7 N–H and O–H groups in total. The van der Waals surface area contributed by atoms with E-state index >= 15 is 0 Å². The van der Waals surface area contributed by atoms with Gasteiger partial charge in [0.2, 0.25) is 19.2 Å². The molecule has 190 valence electrons. The number of carbonyl (C=O) groups excluding carboxylic acids is 2. The van der Waals surface area contributed by atoms with E-state index in [2.05, 4.69) is 15.6 Å². The first-order valence-corrected chi connectivity index (χ1v) is 12.5. The highest BCUT2D eigenvalue weighted by Gasteiger charge is 2.33. The van der Waals surface area contributed by atoms with Crippen LogP contribution in [0.4, 0.5) is 0 Å². The fourth-order valence-corrected chi connectivity index (χ4v) is 4.45. The van der Waals surface area contributed by atoms with Crippen LogP contribution < -0.4 is 21.5 Å². The Kier molecular flexibility index (Phi) is 14.2. The number of nitrogens with one attached hydrogen (secondary N) is 2. The van der Waals surface area contributed by atoms with Gasteiger partial charge in [-0.25, -0.2) is 4.79 Å². The van der Waals surface area contributed by atoms with Crippen molar-refractivity contribution in [3.8, 4) is 0 Å². The number of nitrogens with zero attached hydrogens (tertiary/aromatic N) is 1. The van der Waals surface area contributed by atoms with Gasteiger partial charge in [0.05, 0.1) is 0 Å². The summed E-state index contributed by atoms with van der Waals surface area (Å²) in [6.07, 6.45) is -0.454. The molecule has 0 aromatic rings. The van der Waals surface area contributed by atoms with Gasteiger partial charge in [-0.05, 0) is 51.5 Å². The van der Waals surface area contributed by atoms with Gasteiger partial charge in [0.1, 0.15) is 17.9 Å². The predicted molar refractivity (Wildman–Crippen MR) is 118 cm³/mol. The zero-order valence-electron chi connectivity index (χ0n) is 18.9. The molecule has 0 fully saturated rings. The Labute approximate surface area is 192 Å². The van der Waals surface area contributed by atoms with Crippen LogP contribution in [-0.2, 0) is 23.7 Å². The molecule has 0 radical (unpaired) electrons. The van der Waals surface area contributed by atoms with Gasteiger partial charge in [-0.15, -0.1) is 0 Å². The maximum atomic E-state index is 12.9. The molecule has 4 atom stereocenters. The van der Waals surface area contributed by atoms with Crippen molar-refractivity contribution in [1.82, 2.24) is 10.6 Å². The first-order chi connectivity index (χ1) is 15.3. The Morgan fingerprint density at radius 3 is 2.15 bits per heavy atom. The van der Waals surface area contributed by atoms with E-state index in [-0.39, 0.29) is 25.7 Å². The van der Waals surface area contributed by atoms with Gasteiger partial charge in [-0.3, -0.25) is 23.9 Å². The second kappa shape index (κ2) is 15.4.